The number of nitrogens with zero attached hydrogens (tertiary/aromatic N) is 9. The Morgan fingerprint density at radius 3 is 2.41 bits per heavy atom. The van der Waals surface area contributed by atoms with Crippen LogP contribution in [0.1, 0.15) is 80.6 Å². The molecule has 4 amide bonds. The van der Waals surface area contributed by atoms with Crippen LogP contribution < -0.4 is 30.7 Å². The minimum absolute atomic E-state index is 0.142. The van der Waals surface area contributed by atoms with Gasteiger partial charge in [-0.25, -0.2) is 24.1 Å². The second-order valence-electron chi connectivity index (χ2n) is 17.0. The molecule has 0 unspecified atom stereocenters. The van der Waals surface area contributed by atoms with Crippen LogP contribution in [-0.4, -0.2) is 100 Å². The maximum Gasteiger partial charge on any atom is 0.328 e. The van der Waals surface area contributed by atoms with E-state index in [0.717, 1.165) is 80.6 Å². The van der Waals surface area contributed by atoms with Gasteiger partial charge in [-0.3, -0.25) is 24.7 Å². The highest BCUT2D eigenvalue weighted by atomic mass is 32.1. The van der Waals surface area contributed by atoms with Crippen LogP contribution in [0.15, 0.2) is 59.5 Å². The molecule has 6 heterocycles. The van der Waals surface area contributed by atoms with Gasteiger partial charge in [-0.15, -0.1) is 0 Å². The van der Waals surface area contributed by atoms with Gasteiger partial charge in [0.05, 0.1) is 17.9 Å². The summed E-state index contributed by atoms with van der Waals surface area (Å²) in [5.74, 6) is 0.193. The van der Waals surface area contributed by atoms with E-state index < -0.39 is 17.8 Å². The Morgan fingerprint density at radius 1 is 0.967 bits per heavy atom. The number of nitrogens with one attached hydrogen (secondary N) is 3. The molecule has 3 fully saturated rings. The Kier molecular flexibility index (Phi) is 12.0. The van der Waals surface area contributed by atoms with Gasteiger partial charge < -0.3 is 25.0 Å². The monoisotopic (exact) mass is 850 g/mol. The van der Waals surface area contributed by atoms with Crippen molar-refractivity contribution < 1.29 is 23.3 Å². The maximum absolute atomic E-state index is 15.7. The number of urea groups is 1. The number of benzene rings is 2. The molecule has 320 valence electrons. The van der Waals surface area contributed by atoms with Crippen LogP contribution in [0.4, 0.5) is 36.5 Å². The highest BCUT2D eigenvalue weighted by Crippen LogP contribution is 2.33. The van der Waals surface area contributed by atoms with Crippen LogP contribution in [0.25, 0.3) is 11.3 Å². The molecule has 0 spiro atoms. The second-order valence-corrected chi connectivity index (χ2v) is 18.0. The molecule has 61 heavy (non-hydrogen) atoms. The highest BCUT2D eigenvalue weighted by Gasteiger charge is 2.28. The van der Waals surface area contributed by atoms with E-state index in [1.807, 2.05) is 46.0 Å². The first-order valence-electron chi connectivity index (χ1n) is 20.7. The van der Waals surface area contributed by atoms with E-state index in [4.69, 9.17) is 4.52 Å². The van der Waals surface area contributed by atoms with E-state index in [9.17, 15) is 14.4 Å². The molecule has 2 aromatic carbocycles. The zero-order chi connectivity index (χ0) is 42.8. The number of carbonyl (C=O) groups is 3. The number of hydrogen-bond acceptors (Lipinski definition) is 14. The Bertz CT molecular complexity index is 2380. The number of carbonyl (C=O) groups excluding carboxylic acids is 3. The smallest absolute Gasteiger partial charge is 0.328 e. The van der Waals surface area contributed by atoms with Crippen molar-refractivity contribution in [3.05, 3.63) is 83.6 Å². The number of aromatic nitrogens is 5. The van der Waals surface area contributed by atoms with Crippen LogP contribution in [0.2, 0.25) is 0 Å². The van der Waals surface area contributed by atoms with E-state index in [1.54, 1.807) is 35.3 Å². The molecule has 0 saturated carbocycles. The number of thiazole rings is 1. The predicted octanol–water partition coefficient (Wildman–Crippen LogP) is 6.45. The molecule has 5 aromatic rings. The Morgan fingerprint density at radius 2 is 1.70 bits per heavy atom. The van der Waals surface area contributed by atoms with Crippen molar-refractivity contribution in [1.82, 2.24) is 40.6 Å². The van der Waals surface area contributed by atoms with Gasteiger partial charge in [-0.2, -0.15) is 4.98 Å². The average molecular weight is 851 g/mol. The lowest BCUT2D eigenvalue weighted by Gasteiger charge is -2.39. The number of anilines is 5. The molecular formula is C43H51FN12O4S. The first-order valence-corrected chi connectivity index (χ1v) is 21.5. The Labute approximate surface area is 357 Å². The first-order chi connectivity index (χ1) is 29.3. The molecule has 1 atom stereocenters. The molecule has 0 aliphatic carbocycles. The first kappa shape index (κ1) is 41.7. The van der Waals surface area contributed by atoms with Gasteiger partial charge in [0.1, 0.15) is 23.0 Å². The summed E-state index contributed by atoms with van der Waals surface area (Å²) in [4.78, 5) is 63.2. The zero-order valence-electron chi connectivity index (χ0n) is 35.1. The number of piperidine rings is 1. The number of imide groups is 1. The summed E-state index contributed by atoms with van der Waals surface area (Å²) in [6.45, 7) is 16.7. The van der Waals surface area contributed by atoms with Gasteiger partial charge in [0, 0.05) is 87.2 Å². The predicted molar refractivity (Wildman–Crippen MR) is 232 cm³/mol. The Balaban J connectivity index is 0.801. The molecule has 18 heteroatoms. The fourth-order valence-electron chi connectivity index (χ4n) is 8.01. The SMILES string of the molecule is Cc1cc(-c2cc(Nc3ncc(N4CCN(CC5CCN(c6ccc(N7CCC(=O)NC7=O)cc6)CC5)CC4)s3)ncn2)c(F)cc1[C@@H](C)NC(=O)c1nc(C(C)(C)C)no1. The van der Waals surface area contributed by atoms with Crippen molar-refractivity contribution in [2.75, 3.05) is 72.4 Å². The molecule has 8 rings (SSSR count). The summed E-state index contributed by atoms with van der Waals surface area (Å²) in [7, 11) is 0. The molecule has 0 radical (unpaired) electrons. The third-order valence-electron chi connectivity index (χ3n) is 11.5. The van der Waals surface area contributed by atoms with Gasteiger partial charge in [-0.1, -0.05) is 37.3 Å². The number of amides is 4. The molecule has 0 bridgehead atoms. The summed E-state index contributed by atoms with van der Waals surface area (Å²) in [5, 5.41) is 14.2. The normalized spacial score (nSPS) is 17.4. The number of halogens is 1. The molecule has 3 N–H and O–H groups in total. The lowest BCUT2D eigenvalue weighted by molar-refractivity contribution is -0.120. The quantitative estimate of drug-likeness (QED) is 0.132. The van der Waals surface area contributed by atoms with Gasteiger partial charge in [0.2, 0.25) is 5.91 Å². The summed E-state index contributed by atoms with van der Waals surface area (Å²) in [6, 6.07) is 12.0. The topological polar surface area (TPSA) is 178 Å². The standard InChI is InChI=1S/C43H51FN12O4S/c1-26-20-32(33(44)21-31(26)27(2)48-38(58)39-51-40(52-60-39)43(3,4)5)34-22-35(47-25-46-34)49-41-45-23-37(61-41)55-18-16-53(17-19-55)24-28-10-13-54(14-11-28)29-6-8-30(9-7-29)56-15-12-36(57)50-42(56)59/h6-9,20-23,25,27-28H,10-19,24H2,1-5H3,(H,48,58)(H,50,57,59)(H,45,46,47,49)/t27-/m1/s1. The van der Waals surface area contributed by atoms with Crippen molar-refractivity contribution in [3.63, 3.8) is 0 Å². The Hall–Kier alpha value is -6.01. The second kappa shape index (κ2) is 17.5. The summed E-state index contributed by atoms with van der Waals surface area (Å²) in [5.41, 5.74) is 3.71. The van der Waals surface area contributed by atoms with Crippen molar-refractivity contribution in [2.24, 2.45) is 5.92 Å². The molecule has 3 aliphatic rings. The van der Waals surface area contributed by atoms with E-state index in [-0.39, 0.29) is 23.2 Å². The third kappa shape index (κ3) is 9.65. The molecule has 3 aliphatic heterocycles. The van der Waals surface area contributed by atoms with Crippen LogP contribution in [-0.2, 0) is 10.2 Å². The molecule has 16 nitrogen and oxygen atoms in total. The number of hydrogen-bond donors (Lipinski definition) is 3. The van der Waals surface area contributed by atoms with E-state index in [1.165, 1.54) is 12.4 Å². The van der Waals surface area contributed by atoms with Gasteiger partial charge >= 0.3 is 17.8 Å². The summed E-state index contributed by atoms with van der Waals surface area (Å²) >= 11 is 1.56. The third-order valence-corrected chi connectivity index (χ3v) is 12.5. The number of piperazine rings is 1. The van der Waals surface area contributed by atoms with Gasteiger partial charge in [0.25, 0.3) is 0 Å². The lowest BCUT2D eigenvalue weighted by Crippen LogP contribution is -2.49. The van der Waals surface area contributed by atoms with Crippen LogP contribution >= 0.6 is 11.3 Å². The van der Waals surface area contributed by atoms with Crippen LogP contribution in [0, 0.1) is 18.7 Å². The summed E-state index contributed by atoms with van der Waals surface area (Å²) in [6.07, 6.45) is 5.86. The van der Waals surface area contributed by atoms with Crippen molar-refractivity contribution in [2.45, 2.75) is 65.3 Å². The van der Waals surface area contributed by atoms with Crippen molar-refractivity contribution in [3.8, 4) is 11.3 Å². The molecule has 3 saturated heterocycles. The van der Waals surface area contributed by atoms with Crippen LogP contribution in [0.5, 0.6) is 0 Å². The highest BCUT2D eigenvalue weighted by molar-refractivity contribution is 7.19. The molecular weight excluding hydrogens is 800 g/mol. The van der Waals surface area contributed by atoms with Crippen molar-refractivity contribution in [1.29, 1.82) is 0 Å². The maximum atomic E-state index is 15.7. The van der Waals surface area contributed by atoms with Gasteiger partial charge in [0.15, 0.2) is 11.0 Å². The largest absolute Gasteiger partial charge is 0.372 e. The summed E-state index contributed by atoms with van der Waals surface area (Å²) < 4.78 is 20.9. The number of aryl methyl sites for hydroxylation is 1. The van der Waals surface area contributed by atoms with E-state index in [0.29, 0.717) is 52.5 Å². The average Bonchev–Trinajstić information content (AvgIpc) is 3.94. The lowest BCUT2D eigenvalue weighted by atomic mass is 9.95. The van der Waals surface area contributed by atoms with E-state index in [2.05, 4.69) is 67.9 Å². The number of rotatable bonds is 11. The van der Waals surface area contributed by atoms with E-state index >= 15 is 4.39 Å². The zero-order valence-corrected chi connectivity index (χ0v) is 35.9. The minimum Gasteiger partial charge on any atom is -0.372 e. The minimum atomic E-state index is -0.531. The fourth-order valence-corrected chi connectivity index (χ4v) is 8.89. The van der Waals surface area contributed by atoms with Crippen molar-refractivity contribution >= 4 is 56.5 Å². The van der Waals surface area contributed by atoms with Crippen LogP contribution in [0.3, 0.4) is 0 Å². The van der Waals surface area contributed by atoms with Gasteiger partial charge in [-0.05, 0) is 80.1 Å². The fraction of sp³-hybridized carbons (Fsp3) is 0.442. The molecule has 3 aromatic heterocycles.